The van der Waals surface area contributed by atoms with Crippen molar-refractivity contribution in [3.05, 3.63) is 29.8 Å². The van der Waals surface area contributed by atoms with Gasteiger partial charge in [-0.2, -0.15) is 0 Å². The second-order valence-corrected chi connectivity index (χ2v) is 5.83. The number of rotatable bonds is 4. The van der Waals surface area contributed by atoms with Gasteiger partial charge in [0.2, 0.25) is 0 Å². The molecule has 19 heavy (non-hydrogen) atoms. The van der Waals surface area contributed by atoms with E-state index in [0.29, 0.717) is 18.1 Å². The van der Waals surface area contributed by atoms with E-state index in [2.05, 4.69) is 31.2 Å². The largest absolute Gasteiger partial charge is 0.490 e. The maximum atomic E-state index is 6.19. The Morgan fingerprint density at radius 1 is 1.21 bits per heavy atom. The summed E-state index contributed by atoms with van der Waals surface area (Å²) in [5.74, 6) is 1.65. The van der Waals surface area contributed by atoms with Crippen molar-refractivity contribution in [1.82, 2.24) is 0 Å². The number of benzene rings is 1. The van der Waals surface area contributed by atoms with E-state index in [1.807, 2.05) is 0 Å². The first-order valence-corrected chi connectivity index (χ1v) is 7.74. The van der Waals surface area contributed by atoms with Crippen molar-refractivity contribution in [2.75, 3.05) is 6.61 Å². The molecule has 1 aromatic rings. The lowest BCUT2D eigenvalue weighted by molar-refractivity contribution is -0.0930. The molecular weight excluding hydrogens is 236 g/mol. The van der Waals surface area contributed by atoms with Crippen molar-refractivity contribution in [1.29, 1.82) is 0 Å². The zero-order valence-electron chi connectivity index (χ0n) is 11.8. The molecular formula is C17H24O2. The molecule has 2 heteroatoms. The normalized spacial score (nSPS) is 29.2. The van der Waals surface area contributed by atoms with Crippen molar-refractivity contribution in [2.45, 2.75) is 57.7 Å². The van der Waals surface area contributed by atoms with Crippen molar-refractivity contribution < 1.29 is 9.47 Å². The average Bonchev–Trinajstić information content (AvgIpc) is 2.46. The zero-order chi connectivity index (χ0) is 13.1. The lowest BCUT2D eigenvalue weighted by Gasteiger charge is -2.41. The standard InChI is InChI=1S/C17H24O2/c1-2-3-4-9-16-14-12-13-7-5-6-8-15(13)19-17(14)10-11-18-16/h5-8,14,16-17H,2-4,9-12H2,1H3/t14-,16+,17+/m1/s1. The molecule has 0 amide bonds. The van der Waals surface area contributed by atoms with Gasteiger partial charge in [-0.25, -0.2) is 0 Å². The Labute approximate surface area is 116 Å². The fraction of sp³-hybridized carbons (Fsp3) is 0.647. The van der Waals surface area contributed by atoms with E-state index in [4.69, 9.17) is 9.47 Å². The molecule has 0 bridgehead atoms. The number of para-hydroxylation sites is 1. The van der Waals surface area contributed by atoms with Crippen LogP contribution in [0.15, 0.2) is 24.3 Å². The number of fused-ring (bicyclic) bond motifs is 2. The highest BCUT2D eigenvalue weighted by Crippen LogP contribution is 2.38. The van der Waals surface area contributed by atoms with E-state index in [-0.39, 0.29) is 0 Å². The molecule has 1 fully saturated rings. The molecule has 3 rings (SSSR count). The van der Waals surface area contributed by atoms with Crippen LogP contribution in [0, 0.1) is 5.92 Å². The van der Waals surface area contributed by atoms with E-state index in [0.717, 1.165) is 25.2 Å². The van der Waals surface area contributed by atoms with Crippen LogP contribution in [0.2, 0.25) is 0 Å². The maximum Gasteiger partial charge on any atom is 0.122 e. The predicted octanol–water partition coefficient (Wildman–Crippen LogP) is 3.98. The summed E-state index contributed by atoms with van der Waals surface area (Å²) in [6.07, 6.45) is 8.01. The van der Waals surface area contributed by atoms with Gasteiger partial charge in [-0.3, -0.25) is 0 Å². The van der Waals surface area contributed by atoms with E-state index in [1.165, 1.54) is 31.2 Å². The molecule has 0 saturated carbocycles. The number of hydrogen-bond acceptors (Lipinski definition) is 2. The molecule has 2 aliphatic rings. The van der Waals surface area contributed by atoms with Gasteiger partial charge in [0.1, 0.15) is 11.9 Å². The summed E-state index contributed by atoms with van der Waals surface area (Å²) in [7, 11) is 0. The van der Waals surface area contributed by atoms with Crippen LogP contribution in [-0.4, -0.2) is 18.8 Å². The lowest BCUT2D eigenvalue weighted by atomic mass is 9.81. The van der Waals surface area contributed by atoms with E-state index >= 15 is 0 Å². The summed E-state index contributed by atoms with van der Waals surface area (Å²) in [6.45, 7) is 3.12. The zero-order valence-corrected chi connectivity index (χ0v) is 11.8. The van der Waals surface area contributed by atoms with Crippen LogP contribution in [0.1, 0.15) is 44.6 Å². The fourth-order valence-corrected chi connectivity index (χ4v) is 3.42. The van der Waals surface area contributed by atoms with Crippen molar-refractivity contribution in [2.24, 2.45) is 5.92 Å². The second kappa shape index (κ2) is 5.96. The number of unbranched alkanes of at least 4 members (excludes halogenated alkanes) is 2. The highest BCUT2D eigenvalue weighted by atomic mass is 16.5. The van der Waals surface area contributed by atoms with Gasteiger partial charge < -0.3 is 9.47 Å². The molecule has 2 aliphatic heterocycles. The fourth-order valence-electron chi connectivity index (χ4n) is 3.42. The smallest absolute Gasteiger partial charge is 0.122 e. The van der Waals surface area contributed by atoms with Gasteiger partial charge in [-0.15, -0.1) is 0 Å². The summed E-state index contributed by atoms with van der Waals surface area (Å²) in [4.78, 5) is 0. The quantitative estimate of drug-likeness (QED) is 0.762. The highest BCUT2D eigenvalue weighted by molar-refractivity contribution is 5.36. The maximum absolute atomic E-state index is 6.19. The first-order chi connectivity index (χ1) is 9.38. The Hall–Kier alpha value is -1.02. The number of ether oxygens (including phenoxy) is 2. The van der Waals surface area contributed by atoms with Gasteiger partial charge >= 0.3 is 0 Å². The Morgan fingerprint density at radius 3 is 3.00 bits per heavy atom. The minimum atomic E-state index is 0.371. The van der Waals surface area contributed by atoms with Gasteiger partial charge in [0.15, 0.2) is 0 Å². The topological polar surface area (TPSA) is 18.5 Å². The van der Waals surface area contributed by atoms with Crippen LogP contribution in [-0.2, 0) is 11.2 Å². The summed E-state index contributed by atoms with van der Waals surface area (Å²) in [5.41, 5.74) is 1.36. The third-order valence-electron chi connectivity index (χ3n) is 4.49. The molecule has 2 heterocycles. The average molecular weight is 260 g/mol. The first kappa shape index (κ1) is 13.0. The van der Waals surface area contributed by atoms with E-state index in [9.17, 15) is 0 Å². The summed E-state index contributed by atoms with van der Waals surface area (Å²) >= 11 is 0. The molecule has 0 radical (unpaired) electrons. The van der Waals surface area contributed by atoms with Crippen molar-refractivity contribution in [3.8, 4) is 5.75 Å². The molecule has 0 aliphatic carbocycles. The minimum absolute atomic E-state index is 0.371. The van der Waals surface area contributed by atoms with Crippen LogP contribution in [0.5, 0.6) is 5.75 Å². The third-order valence-corrected chi connectivity index (χ3v) is 4.49. The van der Waals surface area contributed by atoms with Crippen LogP contribution in [0.4, 0.5) is 0 Å². The third kappa shape index (κ3) is 2.79. The summed E-state index contributed by atoms with van der Waals surface area (Å²) in [5, 5.41) is 0. The van der Waals surface area contributed by atoms with Gasteiger partial charge in [0.05, 0.1) is 12.7 Å². The molecule has 0 unspecified atom stereocenters. The Bertz CT molecular complexity index is 415. The van der Waals surface area contributed by atoms with Gasteiger partial charge in [-0.05, 0) is 24.5 Å². The Kier molecular flexibility index (Phi) is 4.07. The monoisotopic (exact) mass is 260 g/mol. The van der Waals surface area contributed by atoms with Gasteiger partial charge in [-0.1, -0.05) is 44.4 Å². The molecule has 0 aromatic heterocycles. The molecule has 0 N–H and O–H groups in total. The van der Waals surface area contributed by atoms with Crippen LogP contribution >= 0.6 is 0 Å². The molecule has 2 nitrogen and oxygen atoms in total. The highest BCUT2D eigenvalue weighted by Gasteiger charge is 2.38. The predicted molar refractivity (Wildman–Crippen MR) is 76.6 cm³/mol. The SMILES string of the molecule is CCCCC[C@@H]1OCC[C@@H]2Oc3ccccc3C[C@H]12. The van der Waals surface area contributed by atoms with Crippen molar-refractivity contribution >= 4 is 0 Å². The summed E-state index contributed by atoms with van der Waals surface area (Å²) < 4.78 is 12.2. The van der Waals surface area contributed by atoms with Gasteiger partial charge in [0, 0.05) is 12.3 Å². The Balaban J connectivity index is 1.70. The minimum Gasteiger partial charge on any atom is -0.490 e. The number of hydrogen-bond donors (Lipinski definition) is 0. The van der Waals surface area contributed by atoms with E-state index < -0.39 is 0 Å². The lowest BCUT2D eigenvalue weighted by Crippen LogP contribution is -2.46. The Morgan fingerprint density at radius 2 is 2.11 bits per heavy atom. The van der Waals surface area contributed by atoms with Gasteiger partial charge in [0.25, 0.3) is 0 Å². The molecule has 1 aromatic carbocycles. The van der Waals surface area contributed by atoms with Crippen LogP contribution in [0.3, 0.4) is 0 Å². The van der Waals surface area contributed by atoms with Crippen molar-refractivity contribution in [3.63, 3.8) is 0 Å². The molecule has 3 atom stereocenters. The van der Waals surface area contributed by atoms with E-state index in [1.54, 1.807) is 0 Å². The first-order valence-electron chi connectivity index (χ1n) is 7.74. The molecule has 0 spiro atoms. The van der Waals surface area contributed by atoms with Crippen LogP contribution < -0.4 is 4.74 Å². The molecule has 104 valence electrons. The second-order valence-electron chi connectivity index (χ2n) is 5.83. The summed E-state index contributed by atoms with van der Waals surface area (Å²) in [6, 6.07) is 8.48. The van der Waals surface area contributed by atoms with Crippen LogP contribution in [0.25, 0.3) is 0 Å². The molecule has 1 saturated heterocycles.